The Bertz CT molecular complexity index is 437. The van der Waals surface area contributed by atoms with Crippen molar-refractivity contribution in [3.8, 4) is 0 Å². The second-order valence-corrected chi connectivity index (χ2v) is 5.66. The fourth-order valence-corrected chi connectivity index (χ4v) is 2.46. The summed E-state index contributed by atoms with van der Waals surface area (Å²) in [5.74, 6) is 0.159. The molecule has 2 rings (SSSR count). The zero-order valence-electron chi connectivity index (χ0n) is 13.2. The molecule has 3 heteroatoms. The number of hydrogen-bond donors (Lipinski definition) is 0. The summed E-state index contributed by atoms with van der Waals surface area (Å²) in [7, 11) is 1.84. The van der Waals surface area contributed by atoms with Gasteiger partial charge < -0.3 is 0 Å². The van der Waals surface area contributed by atoms with Crippen LogP contribution in [0.25, 0.3) is 0 Å². The Morgan fingerprint density at radius 1 is 0.947 bits per heavy atom. The maximum Gasteiger partial charge on any atom is 0.248 e. The van der Waals surface area contributed by atoms with Crippen molar-refractivity contribution < 1.29 is 4.79 Å². The van der Waals surface area contributed by atoms with Gasteiger partial charge >= 0.3 is 0 Å². The number of carbonyl (C=O) groups excluding carboxylic acids is 1. The van der Waals surface area contributed by atoms with Gasteiger partial charge in [-0.1, -0.05) is 32.0 Å². The lowest BCUT2D eigenvalue weighted by atomic mass is 9.75. The molecule has 0 saturated carbocycles. The Morgan fingerprint density at radius 3 is 1.79 bits per heavy atom. The molecule has 0 atom stereocenters. The van der Waals surface area contributed by atoms with Crippen LogP contribution in [0.1, 0.15) is 41.5 Å². The molecular formula is C16H26N2O. The molecule has 0 aliphatic carbocycles. The number of rotatable bonds is 1. The van der Waals surface area contributed by atoms with E-state index in [1.807, 2.05) is 65.1 Å². The third kappa shape index (κ3) is 2.22. The summed E-state index contributed by atoms with van der Waals surface area (Å²) >= 11 is 0. The van der Waals surface area contributed by atoms with E-state index in [-0.39, 0.29) is 11.4 Å². The minimum Gasteiger partial charge on any atom is -0.277 e. The molecule has 0 unspecified atom stereocenters. The fraction of sp³-hybridized carbons (Fsp3) is 0.562. The second-order valence-electron chi connectivity index (χ2n) is 5.66. The van der Waals surface area contributed by atoms with Crippen LogP contribution in [0.15, 0.2) is 30.3 Å². The maximum absolute atomic E-state index is 12.3. The Morgan fingerprint density at radius 2 is 1.42 bits per heavy atom. The van der Waals surface area contributed by atoms with Gasteiger partial charge in [-0.2, -0.15) is 0 Å². The van der Waals surface area contributed by atoms with E-state index in [0.717, 1.165) is 5.69 Å². The molecule has 3 nitrogen and oxygen atoms in total. The molecule has 1 heterocycles. The summed E-state index contributed by atoms with van der Waals surface area (Å²) in [6.07, 6.45) is 0. The lowest BCUT2D eigenvalue weighted by molar-refractivity contribution is -0.134. The molecule has 0 spiro atoms. The number of hydrogen-bond acceptors (Lipinski definition) is 2. The zero-order valence-corrected chi connectivity index (χ0v) is 13.2. The predicted molar refractivity (Wildman–Crippen MR) is 80.9 cm³/mol. The summed E-state index contributed by atoms with van der Waals surface area (Å²) in [5.41, 5.74) is 0.427. The third-order valence-electron chi connectivity index (χ3n) is 4.19. The smallest absolute Gasteiger partial charge is 0.248 e. The Balaban J connectivity index is 0.000000861. The first-order chi connectivity index (χ1) is 8.80. The maximum atomic E-state index is 12.3. The summed E-state index contributed by atoms with van der Waals surface area (Å²) in [6.45, 7) is 12.2. The van der Waals surface area contributed by atoms with E-state index >= 15 is 0 Å². The monoisotopic (exact) mass is 262 g/mol. The van der Waals surface area contributed by atoms with E-state index in [0.29, 0.717) is 0 Å². The van der Waals surface area contributed by atoms with Crippen LogP contribution < -0.4 is 5.01 Å². The number of anilines is 1. The lowest BCUT2D eigenvalue weighted by Crippen LogP contribution is -2.49. The highest BCUT2D eigenvalue weighted by Crippen LogP contribution is 2.46. The molecule has 1 aliphatic rings. The summed E-state index contributed by atoms with van der Waals surface area (Å²) in [5, 5.41) is 3.81. The molecule has 1 amide bonds. The molecule has 1 aromatic rings. The molecule has 0 radical (unpaired) electrons. The quantitative estimate of drug-likeness (QED) is 0.770. The molecule has 0 aromatic heterocycles. The summed E-state index contributed by atoms with van der Waals surface area (Å²) in [4.78, 5) is 12.3. The van der Waals surface area contributed by atoms with Gasteiger partial charge in [-0.25, -0.2) is 0 Å². The van der Waals surface area contributed by atoms with Gasteiger partial charge in [-0.15, -0.1) is 0 Å². The first kappa shape index (κ1) is 15.5. The number of hydrazine groups is 1. The van der Waals surface area contributed by atoms with Gasteiger partial charge in [0, 0.05) is 7.05 Å². The molecule has 0 bridgehead atoms. The van der Waals surface area contributed by atoms with Gasteiger partial charge in [0.25, 0.3) is 0 Å². The minimum atomic E-state index is -0.391. The summed E-state index contributed by atoms with van der Waals surface area (Å²) in [6, 6.07) is 10.0. The van der Waals surface area contributed by atoms with E-state index < -0.39 is 5.41 Å². The molecule has 1 fully saturated rings. The standard InChI is InChI=1S/C14H20N2O.C2H6/c1-13(2)12(17)15(5)16(14(13,3)4)11-9-7-6-8-10-11;1-2/h6-10H,1-5H3;1-2H3. The number of para-hydroxylation sites is 1. The number of amides is 1. The topological polar surface area (TPSA) is 23.6 Å². The molecular weight excluding hydrogens is 236 g/mol. The number of carbonyl (C=O) groups is 1. The van der Waals surface area contributed by atoms with Crippen LogP contribution in [0, 0.1) is 5.41 Å². The van der Waals surface area contributed by atoms with Gasteiger partial charge in [0.05, 0.1) is 16.6 Å². The third-order valence-corrected chi connectivity index (χ3v) is 4.19. The molecule has 1 aliphatic heterocycles. The molecule has 1 saturated heterocycles. The van der Waals surface area contributed by atoms with Gasteiger partial charge in [-0.3, -0.25) is 14.8 Å². The number of nitrogens with zero attached hydrogens (tertiary/aromatic N) is 2. The van der Waals surface area contributed by atoms with Gasteiger partial charge in [0.1, 0.15) is 0 Å². The highest BCUT2D eigenvalue weighted by Gasteiger charge is 2.56. The molecule has 0 N–H and O–H groups in total. The van der Waals surface area contributed by atoms with E-state index in [4.69, 9.17) is 0 Å². The highest BCUT2D eigenvalue weighted by atomic mass is 16.2. The van der Waals surface area contributed by atoms with Crippen molar-refractivity contribution in [1.29, 1.82) is 0 Å². The van der Waals surface area contributed by atoms with Crippen molar-refractivity contribution in [2.75, 3.05) is 12.1 Å². The Kier molecular flexibility index (Phi) is 4.28. The van der Waals surface area contributed by atoms with Crippen molar-refractivity contribution in [3.63, 3.8) is 0 Å². The first-order valence-corrected chi connectivity index (χ1v) is 6.93. The first-order valence-electron chi connectivity index (χ1n) is 6.93. The van der Waals surface area contributed by atoms with Crippen LogP contribution in [0.3, 0.4) is 0 Å². The number of benzene rings is 1. The molecule has 1 aromatic carbocycles. The highest BCUT2D eigenvalue weighted by molar-refractivity contribution is 5.89. The van der Waals surface area contributed by atoms with Gasteiger partial charge in [0.2, 0.25) is 5.91 Å². The van der Waals surface area contributed by atoms with Crippen LogP contribution in [0.4, 0.5) is 5.69 Å². The second kappa shape index (κ2) is 5.24. The average Bonchev–Trinajstić information content (AvgIpc) is 2.51. The van der Waals surface area contributed by atoms with Crippen LogP contribution in [0.5, 0.6) is 0 Å². The van der Waals surface area contributed by atoms with Crippen molar-refractivity contribution in [1.82, 2.24) is 5.01 Å². The minimum absolute atomic E-state index is 0.159. The Hall–Kier alpha value is -1.51. The van der Waals surface area contributed by atoms with E-state index in [1.165, 1.54) is 0 Å². The zero-order chi connectivity index (χ0) is 14.8. The SMILES string of the molecule is CC.CN1C(=O)C(C)(C)C(C)(C)N1c1ccccc1. The fourth-order valence-electron chi connectivity index (χ4n) is 2.46. The van der Waals surface area contributed by atoms with Crippen LogP contribution in [-0.2, 0) is 4.79 Å². The van der Waals surface area contributed by atoms with Crippen molar-refractivity contribution >= 4 is 11.6 Å². The largest absolute Gasteiger partial charge is 0.277 e. The van der Waals surface area contributed by atoms with E-state index in [9.17, 15) is 4.79 Å². The molecule has 106 valence electrons. The van der Waals surface area contributed by atoms with Crippen molar-refractivity contribution in [2.24, 2.45) is 5.41 Å². The van der Waals surface area contributed by atoms with Crippen LogP contribution in [-0.4, -0.2) is 23.5 Å². The Labute approximate surface area is 117 Å². The van der Waals surface area contributed by atoms with E-state index in [2.05, 4.69) is 18.9 Å². The van der Waals surface area contributed by atoms with Crippen LogP contribution >= 0.6 is 0 Å². The molecule has 19 heavy (non-hydrogen) atoms. The predicted octanol–water partition coefficient (Wildman–Crippen LogP) is 3.71. The van der Waals surface area contributed by atoms with E-state index in [1.54, 1.807) is 5.01 Å². The van der Waals surface area contributed by atoms with Crippen molar-refractivity contribution in [2.45, 2.75) is 47.1 Å². The average molecular weight is 262 g/mol. The lowest BCUT2D eigenvalue weighted by Gasteiger charge is -2.40. The van der Waals surface area contributed by atoms with Gasteiger partial charge in [-0.05, 0) is 39.8 Å². The van der Waals surface area contributed by atoms with Crippen LogP contribution in [0.2, 0.25) is 0 Å². The van der Waals surface area contributed by atoms with Crippen molar-refractivity contribution in [3.05, 3.63) is 30.3 Å². The normalized spacial score (nSPS) is 20.1. The summed E-state index contributed by atoms with van der Waals surface area (Å²) < 4.78 is 0. The van der Waals surface area contributed by atoms with Gasteiger partial charge in [0.15, 0.2) is 0 Å².